The Hall–Kier alpha value is -2.00. The molecule has 11 heteroatoms. The highest BCUT2D eigenvalue weighted by Gasteiger charge is 2.32. The van der Waals surface area contributed by atoms with E-state index in [1.54, 1.807) is 31.2 Å². The number of hydrogen-bond acceptors (Lipinski definition) is 4. The summed E-state index contributed by atoms with van der Waals surface area (Å²) in [5.41, 5.74) is 0.825. The molecule has 34 heavy (non-hydrogen) atoms. The Bertz CT molecular complexity index is 1110. The standard InChI is InChI=1S/C23H28Cl3N3O4S/c1-4-12-27-23(31)20(5-2)28(14-16-6-8-17(24)9-7-16)22(30)15-29(34(3,32)33)21-13-18(25)10-11-19(21)26/h6-11,13,20H,4-5,12,14-15H2,1-3H3,(H,27,31)/t20-/m0/s1. The lowest BCUT2D eigenvalue weighted by Gasteiger charge is -2.33. The summed E-state index contributed by atoms with van der Waals surface area (Å²) >= 11 is 18.3. The Kier molecular flexibility index (Phi) is 10.5. The van der Waals surface area contributed by atoms with E-state index in [-0.39, 0.29) is 28.2 Å². The molecule has 2 aromatic rings. The number of anilines is 1. The van der Waals surface area contributed by atoms with E-state index >= 15 is 0 Å². The molecule has 0 unspecified atom stereocenters. The maximum atomic E-state index is 13.6. The first-order valence-electron chi connectivity index (χ1n) is 10.7. The van der Waals surface area contributed by atoms with Gasteiger partial charge in [0.1, 0.15) is 12.6 Å². The fraction of sp³-hybridized carbons (Fsp3) is 0.391. The molecule has 7 nitrogen and oxygen atoms in total. The second-order valence-corrected chi connectivity index (χ2v) is 10.9. The van der Waals surface area contributed by atoms with Crippen molar-refractivity contribution in [1.82, 2.24) is 10.2 Å². The minimum absolute atomic E-state index is 0.0833. The number of sulfonamides is 1. The van der Waals surface area contributed by atoms with E-state index in [2.05, 4.69) is 5.32 Å². The lowest BCUT2D eigenvalue weighted by molar-refractivity contribution is -0.140. The van der Waals surface area contributed by atoms with Crippen LogP contribution in [0, 0.1) is 0 Å². The molecule has 0 saturated heterocycles. The number of nitrogens with one attached hydrogen (secondary N) is 1. The van der Waals surface area contributed by atoms with E-state index in [1.807, 2.05) is 6.92 Å². The monoisotopic (exact) mass is 547 g/mol. The molecule has 0 spiro atoms. The molecular formula is C23H28Cl3N3O4S. The Morgan fingerprint density at radius 2 is 1.62 bits per heavy atom. The highest BCUT2D eigenvalue weighted by Crippen LogP contribution is 2.31. The fourth-order valence-electron chi connectivity index (χ4n) is 3.34. The van der Waals surface area contributed by atoms with Crippen LogP contribution in [0.5, 0.6) is 0 Å². The third kappa shape index (κ3) is 7.77. The summed E-state index contributed by atoms with van der Waals surface area (Å²) in [6.45, 7) is 3.72. The quantitative estimate of drug-likeness (QED) is 0.439. The van der Waals surface area contributed by atoms with Crippen LogP contribution in [0.2, 0.25) is 15.1 Å². The van der Waals surface area contributed by atoms with Gasteiger partial charge in [-0.3, -0.25) is 13.9 Å². The molecule has 0 aliphatic rings. The van der Waals surface area contributed by atoms with Crippen molar-refractivity contribution < 1.29 is 18.0 Å². The molecule has 2 aromatic carbocycles. The van der Waals surface area contributed by atoms with E-state index < -0.39 is 28.5 Å². The maximum absolute atomic E-state index is 13.6. The molecule has 0 aromatic heterocycles. The molecule has 0 fully saturated rings. The van der Waals surface area contributed by atoms with Crippen LogP contribution in [-0.4, -0.2) is 50.5 Å². The molecule has 2 rings (SSSR count). The zero-order chi connectivity index (χ0) is 25.5. The Morgan fingerprint density at radius 3 is 2.18 bits per heavy atom. The van der Waals surface area contributed by atoms with Crippen LogP contribution in [0.1, 0.15) is 32.3 Å². The number of halogens is 3. The van der Waals surface area contributed by atoms with Crippen LogP contribution in [0.3, 0.4) is 0 Å². The molecular weight excluding hydrogens is 521 g/mol. The molecule has 186 valence electrons. The first-order valence-corrected chi connectivity index (χ1v) is 13.7. The number of carbonyl (C=O) groups excluding carboxylic acids is 2. The van der Waals surface area contributed by atoms with Crippen LogP contribution in [-0.2, 0) is 26.2 Å². The van der Waals surface area contributed by atoms with Gasteiger partial charge in [0.25, 0.3) is 0 Å². The number of rotatable bonds is 11. The summed E-state index contributed by atoms with van der Waals surface area (Å²) in [7, 11) is -3.91. The Balaban J connectivity index is 2.45. The van der Waals surface area contributed by atoms with E-state index in [9.17, 15) is 18.0 Å². The Labute approximate surface area is 216 Å². The summed E-state index contributed by atoms with van der Waals surface area (Å²) < 4.78 is 26.1. The van der Waals surface area contributed by atoms with Crippen molar-refractivity contribution in [2.75, 3.05) is 23.7 Å². The first-order chi connectivity index (χ1) is 16.0. The smallest absolute Gasteiger partial charge is 0.244 e. The highest BCUT2D eigenvalue weighted by atomic mass is 35.5. The van der Waals surface area contributed by atoms with E-state index in [1.165, 1.54) is 23.1 Å². The number of nitrogens with zero attached hydrogens (tertiary/aromatic N) is 2. The van der Waals surface area contributed by atoms with Gasteiger partial charge in [-0.05, 0) is 48.7 Å². The summed E-state index contributed by atoms with van der Waals surface area (Å²) in [5.74, 6) is -0.867. The maximum Gasteiger partial charge on any atom is 0.244 e. The summed E-state index contributed by atoms with van der Waals surface area (Å²) in [6, 6.07) is 10.4. The van der Waals surface area contributed by atoms with Crippen LogP contribution >= 0.6 is 34.8 Å². The van der Waals surface area contributed by atoms with E-state index in [0.29, 0.717) is 18.0 Å². The molecule has 2 amide bonds. The van der Waals surface area contributed by atoms with Crippen LogP contribution < -0.4 is 9.62 Å². The van der Waals surface area contributed by atoms with Crippen LogP contribution in [0.15, 0.2) is 42.5 Å². The summed E-state index contributed by atoms with van der Waals surface area (Å²) in [6.07, 6.45) is 2.06. The van der Waals surface area contributed by atoms with E-state index in [0.717, 1.165) is 22.5 Å². The Morgan fingerprint density at radius 1 is 1.00 bits per heavy atom. The van der Waals surface area contributed by atoms with Gasteiger partial charge in [0.15, 0.2) is 0 Å². The van der Waals surface area contributed by atoms with Crippen molar-refractivity contribution >= 4 is 62.3 Å². The second kappa shape index (κ2) is 12.6. The summed E-state index contributed by atoms with van der Waals surface area (Å²) in [5, 5.41) is 3.75. The number of benzene rings is 2. The van der Waals surface area contributed by atoms with Crippen molar-refractivity contribution in [2.45, 2.75) is 39.3 Å². The predicted octanol–water partition coefficient (Wildman–Crippen LogP) is 4.75. The SMILES string of the molecule is CCCNC(=O)[C@H](CC)N(Cc1ccc(Cl)cc1)C(=O)CN(c1cc(Cl)ccc1Cl)S(C)(=O)=O. The third-order valence-corrected chi connectivity index (χ3v) is 6.99. The van der Waals surface area contributed by atoms with Crippen molar-refractivity contribution in [3.8, 4) is 0 Å². The molecule has 0 bridgehead atoms. The second-order valence-electron chi connectivity index (χ2n) is 7.73. The van der Waals surface area contributed by atoms with Gasteiger partial charge in [-0.15, -0.1) is 0 Å². The minimum atomic E-state index is -3.91. The van der Waals surface area contributed by atoms with Gasteiger partial charge < -0.3 is 10.2 Å². The normalized spacial score (nSPS) is 12.2. The average Bonchev–Trinajstić information content (AvgIpc) is 2.78. The lowest BCUT2D eigenvalue weighted by atomic mass is 10.1. The zero-order valence-corrected chi connectivity index (χ0v) is 22.3. The van der Waals surface area contributed by atoms with Crippen molar-refractivity contribution in [1.29, 1.82) is 0 Å². The number of carbonyl (C=O) groups is 2. The summed E-state index contributed by atoms with van der Waals surface area (Å²) in [4.78, 5) is 27.8. The lowest BCUT2D eigenvalue weighted by Crippen LogP contribution is -2.52. The van der Waals surface area contributed by atoms with Crippen LogP contribution in [0.4, 0.5) is 5.69 Å². The van der Waals surface area contributed by atoms with E-state index in [4.69, 9.17) is 34.8 Å². The highest BCUT2D eigenvalue weighted by molar-refractivity contribution is 7.92. The number of amides is 2. The predicted molar refractivity (Wildman–Crippen MR) is 138 cm³/mol. The molecule has 0 heterocycles. The molecule has 0 saturated carbocycles. The van der Waals surface area contributed by atoms with Gasteiger partial charge in [0.05, 0.1) is 17.0 Å². The topological polar surface area (TPSA) is 86.8 Å². The molecule has 1 atom stereocenters. The first kappa shape index (κ1) is 28.2. The van der Waals surface area contributed by atoms with Gasteiger partial charge in [-0.1, -0.05) is 60.8 Å². The van der Waals surface area contributed by atoms with Crippen molar-refractivity contribution in [3.63, 3.8) is 0 Å². The molecule has 0 radical (unpaired) electrons. The molecule has 0 aliphatic carbocycles. The van der Waals surface area contributed by atoms with Gasteiger partial charge in [0, 0.05) is 23.1 Å². The van der Waals surface area contributed by atoms with Crippen molar-refractivity contribution in [2.24, 2.45) is 0 Å². The van der Waals surface area contributed by atoms with Crippen LogP contribution in [0.25, 0.3) is 0 Å². The third-order valence-electron chi connectivity index (χ3n) is 5.06. The van der Waals surface area contributed by atoms with Gasteiger partial charge in [0.2, 0.25) is 21.8 Å². The largest absolute Gasteiger partial charge is 0.354 e. The molecule has 1 N–H and O–H groups in total. The van der Waals surface area contributed by atoms with Crippen molar-refractivity contribution in [3.05, 3.63) is 63.1 Å². The molecule has 0 aliphatic heterocycles. The van der Waals surface area contributed by atoms with Gasteiger partial charge >= 0.3 is 0 Å². The van der Waals surface area contributed by atoms with Gasteiger partial charge in [-0.2, -0.15) is 0 Å². The fourth-order valence-corrected chi connectivity index (χ4v) is 4.76. The number of hydrogen-bond donors (Lipinski definition) is 1. The minimum Gasteiger partial charge on any atom is -0.354 e. The zero-order valence-electron chi connectivity index (χ0n) is 19.2. The average molecular weight is 549 g/mol. The van der Waals surface area contributed by atoms with Gasteiger partial charge in [-0.25, -0.2) is 8.42 Å².